The van der Waals surface area contributed by atoms with E-state index in [0.717, 1.165) is 43.4 Å². The monoisotopic (exact) mass is 372 g/mol. The first kappa shape index (κ1) is 16.8. The van der Waals surface area contributed by atoms with Crippen molar-refractivity contribution in [1.82, 2.24) is 10.2 Å². The van der Waals surface area contributed by atoms with Gasteiger partial charge in [0.05, 0.1) is 5.02 Å². The van der Waals surface area contributed by atoms with Crippen molar-refractivity contribution in [3.8, 4) is 0 Å². The quantitative estimate of drug-likeness (QED) is 0.814. The molecule has 1 aliphatic heterocycles. The predicted octanol–water partition coefficient (Wildman–Crippen LogP) is 4.10. The van der Waals surface area contributed by atoms with Crippen molar-refractivity contribution in [1.29, 1.82) is 0 Å². The van der Waals surface area contributed by atoms with Crippen LogP contribution in [0.15, 0.2) is 22.7 Å². The van der Waals surface area contributed by atoms with Gasteiger partial charge in [-0.3, -0.25) is 4.79 Å². The molecule has 1 saturated heterocycles. The fourth-order valence-corrected chi connectivity index (χ4v) is 3.04. The second kappa shape index (κ2) is 8.16. The number of carbonyl (C=O) groups excluding carboxylic acids is 1. The average molecular weight is 374 g/mol. The predicted molar refractivity (Wildman–Crippen MR) is 91.0 cm³/mol. The largest absolute Gasteiger partial charge is 0.337 e. The third-order valence-corrected chi connectivity index (χ3v) is 5.07. The second-order valence-corrected chi connectivity index (χ2v) is 6.79. The van der Waals surface area contributed by atoms with E-state index in [1.165, 1.54) is 6.42 Å². The number of amides is 1. The smallest absolute Gasteiger partial charge is 0.253 e. The van der Waals surface area contributed by atoms with Gasteiger partial charge in [0.25, 0.3) is 5.91 Å². The SMILES string of the molecule is CCCCN(CC1CCCN1)C(=O)c1ccc(Br)c(Cl)c1. The Morgan fingerprint density at radius 1 is 1.52 bits per heavy atom. The summed E-state index contributed by atoms with van der Waals surface area (Å²) in [6.07, 6.45) is 4.47. The molecule has 0 radical (unpaired) electrons. The van der Waals surface area contributed by atoms with Crippen LogP contribution in [0.4, 0.5) is 0 Å². The minimum atomic E-state index is 0.0755. The van der Waals surface area contributed by atoms with Gasteiger partial charge in [-0.2, -0.15) is 0 Å². The van der Waals surface area contributed by atoms with Gasteiger partial charge in [0.15, 0.2) is 0 Å². The Hall–Kier alpha value is -0.580. The first-order valence-corrected chi connectivity index (χ1v) is 8.76. The maximum atomic E-state index is 12.7. The first-order valence-electron chi connectivity index (χ1n) is 7.59. The highest BCUT2D eigenvalue weighted by Crippen LogP contribution is 2.24. The molecule has 2 rings (SSSR count). The Labute approximate surface area is 140 Å². The standard InChI is InChI=1S/C16H22BrClN2O/c1-2-3-9-20(11-13-5-4-8-19-13)16(21)12-6-7-14(17)15(18)10-12/h6-7,10,13,19H,2-5,8-9,11H2,1H3. The van der Waals surface area contributed by atoms with Crippen LogP contribution in [0, 0.1) is 0 Å². The molecule has 3 nitrogen and oxygen atoms in total. The number of nitrogens with zero attached hydrogens (tertiary/aromatic N) is 1. The average Bonchev–Trinajstić information content (AvgIpc) is 2.98. The molecular formula is C16H22BrClN2O. The van der Waals surface area contributed by atoms with E-state index in [0.29, 0.717) is 16.6 Å². The van der Waals surface area contributed by atoms with E-state index >= 15 is 0 Å². The van der Waals surface area contributed by atoms with Crippen LogP contribution in [0.2, 0.25) is 5.02 Å². The number of halogens is 2. The van der Waals surface area contributed by atoms with E-state index in [-0.39, 0.29) is 5.91 Å². The molecule has 1 N–H and O–H groups in total. The molecule has 1 heterocycles. The van der Waals surface area contributed by atoms with Crippen molar-refractivity contribution in [3.63, 3.8) is 0 Å². The third kappa shape index (κ3) is 4.70. The Morgan fingerprint density at radius 2 is 2.33 bits per heavy atom. The zero-order valence-electron chi connectivity index (χ0n) is 12.4. The zero-order chi connectivity index (χ0) is 15.2. The zero-order valence-corrected chi connectivity index (χ0v) is 14.7. The van der Waals surface area contributed by atoms with Crippen molar-refractivity contribution in [2.45, 2.75) is 38.6 Å². The van der Waals surface area contributed by atoms with Crippen molar-refractivity contribution in [2.24, 2.45) is 0 Å². The molecule has 1 aromatic rings. The van der Waals surface area contributed by atoms with Gasteiger partial charge < -0.3 is 10.2 Å². The number of hydrogen-bond donors (Lipinski definition) is 1. The number of hydrogen-bond acceptors (Lipinski definition) is 2. The van der Waals surface area contributed by atoms with E-state index in [1.807, 2.05) is 17.0 Å². The molecule has 0 saturated carbocycles. The van der Waals surface area contributed by atoms with Crippen LogP contribution in [0.3, 0.4) is 0 Å². The van der Waals surface area contributed by atoms with Gasteiger partial charge in [-0.15, -0.1) is 0 Å². The van der Waals surface area contributed by atoms with E-state index in [4.69, 9.17) is 11.6 Å². The van der Waals surface area contributed by atoms with Crippen molar-refractivity contribution in [3.05, 3.63) is 33.3 Å². The summed E-state index contributed by atoms with van der Waals surface area (Å²) in [5, 5.41) is 4.04. The Kier molecular flexibility index (Phi) is 6.52. The lowest BCUT2D eigenvalue weighted by Crippen LogP contribution is -2.41. The molecule has 0 aliphatic carbocycles. The maximum absolute atomic E-state index is 12.7. The molecule has 1 unspecified atom stereocenters. The third-order valence-electron chi connectivity index (χ3n) is 3.84. The summed E-state index contributed by atoms with van der Waals surface area (Å²) in [5.41, 5.74) is 0.664. The molecule has 1 fully saturated rings. The molecular weight excluding hydrogens is 352 g/mol. The molecule has 1 aromatic carbocycles. The highest BCUT2D eigenvalue weighted by molar-refractivity contribution is 9.10. The van der Waals surface area contributed by atoms with Gasteiger partial charge in [-0.05, 0) is 59.9 Å². The molecule has 1 amide bonds. The highest BCUT2D eigenvalue weighted by Gasteiger charge is 2.22. The summed E-state index contributed by atoms with van der Waals surface area (Å²) in [7, 11) is 0. The fourth-order valence-electron chi connectivity index (χ4n) is 2.62. The Morgan fingerprint density at radius 3 is 2.95 bits per heavy atom. The molecule has 21 heavy (non-hydrogen) atoms. The number of carbonyl (C=O) groups is 1. The summed E-state index contributed by atoms with van der Waals surface area (Å²) in [6.45, 7) is 4.80. The number of benzene rings is 1. The van der Waals surface area contributed by atoms with Crippen LogP contribution >= 0.6 is 27.5 Å². The van der Waals surface area contributed by atoms with Crippen LogP contribution in [0.25, 0.3) is 0 Å². The molecule has 0 spiro atoms. The van der Waals surface area contributed by atoms with Gasteiger partial charge in [-0.1, -0.05) is 24.9 Å². The summed E-state index contributed by atoms with van der Waals surface area (Å²) in [4.78, 5) is 14.7. The first-order chi connectivity index (χ1) is 10.1. The van der Waals surface area contributed by atoms with Crippen molar-refractivity contribution >= 4 is 33.4 Å². The fraction of sp³-hybridized carbons (Fsp3) is 0.562. The van der Waals surface area contributed by atoms with Gasteiger partial charge in [-0.25, -0.2) is 0 Å². The van der Waals surface area contributed by atoms with E-state index in [9.17, 15) is 4.79 Å². The second-order valence-electron chi connectivity index (χ2n) is 5.53. The minimum absolute atomic E-state index is 0.0755. The van der Waals surface area contributed by atoms with Crippen LogP contribution in [-0.2, 0) is 0 Å². The molecule has 1 aliphatic rings. The lowest BCUT2D eigenvalue weighted by atomic mass is 10.1. The van der Waals surface area contributed by atoms with Crippen LogP contribution in [0.5, 0.6) is 0 Å². The minimum Gasteiger partial charge on any atom is -0.337 e. The lowest BCUT2D eigenvalue weighted by Gasteiger charge is -2.26. The Balaban J connectivity index is 2.09. The van der Waals surface area contributed by atoms with Gasteiger partial charge >= 0.3 is 0 Å². The molecule has 116 valence electrons. The molecule has 5 heteroatoms. The van der Waals surface area contributed by atoms with Gasteiger partial charge in [0.1, 0.15) is 0 Å². The summed E-state index contributed by atoms with van der Waals surface area (Å²) in [5.74, 6) is 0.0755. The summed E-state index contributed by atoms with van der Waals surface area (Å²) >= 11 is 9.47. The Bertz CT molecular complexity index is 489. The summed E-state index contributed by atoms with van der Waals surface area (Å²) in [6, 6.07) is 5.84. The van der Waals surface area contributed by atoms with Crippen LogP contribution in [0.1, 0.15) is 43.0 Å². The normalized spacial score (nSPS) is 18.0. The van der Waals surface area contributed by atoms with E-state index in [2.05, 4.69) is 28.2 Å². The molecule has 0 bridgehead atoms. The van der Waals surface area contributed by atoms with Crippen LogP contribution in [-0.4, -0.2) is 36.5 Å². The maximum Gasteiger partial charge on any atom is 0.253 e. The van der Waals surface area contributed by atoms with Gasteiger partial charge in [0, 0.05) is 29.2 Å². The van der Waals surface area contributed by atoms with Crippen molar-refractivity contribution in [2.75, 3.05) is 19.6 Å². The van der Waals surface area contributed by atoms with E-state index in [1.54, 1.807) is 6.07 Å². The number of nitrogens with one attached hydrogen (secondary N) is 1. The van der Waals surface area contributed by atoms with Crippen LogP contribution < -0.4 is 5.32 Å². The van der Waals surface area contributed by atoms with Gasteiger partial charge in [0.2, 0.25) is 0 Å². The lowest BCUT2D eigenvalue weighted by molar-refractivity contribution is 0.0739. The topological polar surface area (TPSA) is 32.3 Å². The van der Waals surface area contributed by atoms with Crippen molar-refractivity contribution < 1.29 is 4.79 Å². The number of unbranched alkanes of at least 4 members (excludes halogenated alkanes) is 1. The number of rotatable bonds is 6. The molecule has 1 atom stereocenters. The molecule has 0 aromatic heterocycles. The summed E-state index contributed by atoms with van der Waals surface area (Å²) < 4.78 is 0.818. The van der Waals surface area contributed by atoms with E-state index < -0.39 is 0 Å². The highest BCUT2D eigenvalue weighted by atomic mass is 79.9.